The lowest BCUT2D eigenvalue weighted by molar-refractivity contribution is 0.841. The Hall–Kier alpha value is -3.15. The number of anilines is 1. The molecule has 6 nitrogen and oxygen atoms in total. The summed E-state index contributed by atoms with van der Waals surface area (Å²) in [5.74, 6) is 1.64. The van der Waals surface area contributed by atoms with Crippen LogP contribution in [-0.4, -0.2) is 31.8 Å². The van der Waals surface area contributed by atoms with Crippen LogP contribution in [0.25, 0.3) is 22.4 Å². The Labute approximate surface area is 146 Å². The maximum atomic E-state index is 4.36. The lowest BCUT2D eigenvalue weighted by Crippen LogP contribution is -2.19. The molecule has 0 unspecified atom stereocenters. The van der Waals surface area contributed by atoms with Crippen LogP contribution in [-0.2, 0) is 13.6 Å². The van der Waals surface area contributed by atoms with Gasteiger partial charge in [0.2, 0.25) is 0 Å². The van der Waals surface area contributed by atoms with Crippen LogP contribution in [0.15, 0.2) is 48.8 Å². The number of benzene rings is 1. The highest BCUT2D eigenvalue weighted by molar-refractivity contribution is 5.84. The average molecular weight is 332 g/mol. The Morgan fingerprint density at radius 1 is 1.12 bits per heavy atom. The van der Waals surface area contributed by atoms with Crippen molar-refractivity contribution in [3.05, 3.63) is 60.0 Å². The first-order chi connectivity index (χ1) is 12.1. The number of nitrogens with zero attached hydrogens (tertiary/aromatic N) is 5. The minimum absolute atomic E-state index is 0.747. The normalized spacial score (nSPS) is 11.2. The maximum Gasteiger partial charge on any atom is 0.160 e. The monoisotopic (exact) mass is 332 g/mol. The molecule has 0 aliphatic heterocycles. The number of aromatic nitrogens is 5. The summed E-state index contributed by atoms with van der Waals surface area (Å²) in [6, 6.07) is 12.3. The third-order valence-corrected chi connectivity index (χ3v) is 4.56. The van der Waals surface area contributed by atoms with Crippen LogP contribution in [0.5, 0.6) is 0 Å². The number of H-pyrrole nitrogens is 1. The number of imidazole rings is 1. The van der Waals surface area contributed by atoms with Gasteiger partial charge in [0.15, 0.2) is 11.6 Å². The van der Waals surface area contributed by atoms with Gasteiger partial charge in [-0.1, -0.05) is 18.2 Å². The standard InChI is InChI=1S/C19H20N6/c1-13-14-6-4-5-7-15(14)21-17(13)12-25(3)18-9-8-16(22-23-18)19-20-10-11-24(19)2/h4-11,21H,12H2,1-3H3. The van der Waals surface area contributed by atoms with E-state index < -0.39 is 0 Å². The Morgan fingerprint density at radius 3 is 2.64 bits per heavy atom. The Kier molecular flexibility index (Phi) is 3.72. The Bertz CT molecular complexity index is 1010. The van der Waals surface area contributed by atoms with E-state index in [4.69, 9.17) is 0 Å². The molecule has 0 aliphatic carbocycles. The average Bonchev–Trinajstić information content (AvgIpc) is 3.19. The smallest absolute Gasteiger partial charge is 0.160 e. The molecule has 3 heterocycles. The number of para-hydroxylation sites is 1. The maximum absolute atomic E-state index is 4.36. The van der Waals surface area contributed by atoms with E-state index in [1.807, 2.05) is 43.1 Å². The van der Waals surface area contributed by atoms with Crippen molar-refractivity contribution in [3.63, 3.8) is 0 Å². The number of hydrogen-bond acceptors (Lipinski definition) is 4. The molecule has 126 valence electrons. The van der Waals surface area contributed by atoms with Crippen LogP contribution in [0.2, 0.25) is 0 Å². The van der Waals surface area contributed by atoms with E-state index in [1.54, 1.807) is 6.20 Å². The highest BCUT2D eigenvalue weighted by Crippen LogP contribution is 2.23. The molecule has 0 fully saturated rings. The molecule has 0 aliphatic rings. The van der Waals surface area contributed by atoms with Crippen molar-refractivity contribution < 1.29 is 0 Å². The van der Waals surface area contributed by atoms with Gasteiger partial charge in [-0.15, -0.1) is 10.2 Å². The fourth-order valence-electron chi connectivity index (χ4n) is 3.07. The quantitative estimate of drug-likeness (QED) is 0.623. The lowest BCUT2D eigenvalue weighted by Gasteiger charge is -2.17. The molecular weight excluding hydrogens is 312 g/mol. The molecule has 0 spiro atoms. The van der Waals surface area contributed by atoms with Gasteiger partial charge < -0.3 is 14.5 Å². The molecule has 4 rings (SSSR count). The van der Waals surface area contributed by atoms with E-state index in [2.05, 4.69) is 50.2 Å². The van der Waals surface area contributed by atoms with Crippen LogP contribution >= 0.6 is 0 Å². The van der Waals surface area contributed by atoms with Crippen LogP contribution in [0.1, 0.15) is 11.3 Å². The molecule has 0 bridgehead atoms. The van der Waals surface area contributed by atoms with Crippen molar-refractivity contribution in [1.82, 2.24) is 24.7 Å². The van der Waals surface area contributed by atoms with Crippen molar-refractivity contribution in [1.29, 1.82) is 0 Å². The van der Waals surface area contributed by atoms with Gasteiger partial charge in [-0.25, -0.2) is 4.98 Å². The van der Waals surface area contributed by atoms with E-state index in [1.165, 1.54) is 22.2 Å². The molecular formula is C19H20N6. The van der Waals surface area contributed by atoms with Crippen molar-refractivity contribution in [3.8, 4) is 11.5 Å². The minimum Gasteiger partial charge on any atom is -0.357 e. The van der Waals surface area contributed by atoms with Gasteiger partial charge in [0.25, 0.3) is 0 Å². The van der Waals surface area contributed by atoms with E-state index in [0.717, 1.165) is 23.9 Å². The van der Waals surface area contributed by atoms with Gasteiger partial charge in [0.05, 0.1) is 6.54 Å². The number of hydrogen-bond donors (Lipinski definition) is 1. The molecule has 4 aromatic rings. The van der Waals surface area contributed by atoms with Crippen molar-refractivity contribution in [2.75, 3.05) is 11.9 Å². The summed E-state index contributed by atoms with van der Waals surface area (Å²) in [7, 11) is 3.97. The third kappa shape index (κ3) is 2.76. The third-order valence-electron chi connectivity index (χ3n) is 4.56. The summed E-state index contributed by atoms with van der Waals surface area (Å²) in [6.45, 7) is 2.90. The van der Waals surface area contributed by atoms with Crippen molar-refractivity contribution in [2.45, 2.75) is 13.5 Å². The number of fused-ring (bicyclic) bond motifs is 1. The molecule has 0 saturated heterocycles. The van der Waals surface area contributed by atoms with E-state index in [0.29, 0.717) is 0 Å². The minimum atomic E-state index is 0.747. The first-order valence-corrected chi connectivity index (χ1v) is 8.22. The number of rotatable bonds is 4. The van der Waals surface area contributed by atoms with Crippen LogP contribution in [0.4, 0.5) is 5.82 Å². The summed E-state index contributed by atoms with van der Waals surface area (Å²) in [4.78, 5) is 9.90. The SMILES string of the molecule is Cc1c(CN(C)c2ccc(-c3nccn3C)nn2)[nH]c2ccccc12. The first-order valence-electron chi connectivity index (χ1n) is 8.22. The first kappa shape index (κ1) is 15.4. The number of aryl methyl sites for hydroxylation is 2. The van der Waals surface area contributed by atoms with E-state index in [-0.39, 0.29) is 0 Å². The van der Waals surface area contributed by atoms with Crippen molar-refractivity contribution in [2.24, 2.45) is 7.05 Å². The molecule has 6 heteroatoms. The van der Waals surface area contributed by atoms with Crippen molar-refractivity contribution >= 4 is 16.7 Å². The van der Waals surface area contributed by atoms with Crippen LogP contribution in [0, 0.1) is 6.92 Å². The second kappa shape index (κ2) is 6.05. The molecule has 25 heavy (non-hydrogen) atoms. The van der Waals surface area contributed by atoms with Gasteiger partial charge in [0, 0.05) is 43.1 Å². The van der Waals surface area contributed by atoms with Gasteiger partial charge in [-0.2, -0.15) is 0 Å². The molecule has 1 aromatic carbocycles. The van der Waals surface area contributed by atoms with Gasteiger partial charge in [0.1, 0.15) is 5.69 Å². The fourth-order valence-corrected chi connectivity index (χ4v) is 3.07. The molecule has 0 atom stereocenters. The summed E-state index contributed by atoms with van der Waals surface area (Å²) >= 11 is 0. The van der Waals surface area contributed by atoms with E-state index >= 15 is 0 Å². The zero-order chi connectivity index (χ0) is 17.4. The Morgan fingerprint density at radius 2 is 1.96 bits per heavy atom. The predicted octanol–water partition coefficient (Wildman–Crippen LogP) is 3.30. The summed E-state index contributed by atoms with van der Waals surface area (Å²) in [6.07, 6.45) is 3.66. The van der Waals surface area contributed by atoms with Crippen LogP contribution in [0.3, 0.4) is 0 Å². The van der Waals surface area contributed by atoms with Gasteiger partial charge in [-0.3, -0.25) is 0 Å². The molecule has 1 N–H and O–H groups in total. The Balaban J connectivity index is 1.57. The highest BCUT2D eigenvalue weighted by atomic mass is 15.3. The number of aromatic amines is 1. The van der Waals surface area contributed by atoms with E-state index in [9.17, 15) is 0 Å². The summed E-state index contributed by atoms with van der Waals surface area (Å²) < 4.78 is 1.93. The summed E-state index contributed by atoms with van der Waals surface area (Å²) in [5, 5.41) is 9.95. The topological polar surface area (TPSA) is 62.6 Å². The molecule has 0 amide bonds. The largest absolute Gasteiger partial charge is 0.357 e. The van der Waals surface area contributed by atoms with Gasteiger partial charge in [-0.05, 0) is 30.7 Å². The zero-order valence-corrected chi connectivity index (χ0v) is 14.6. The number of nitrogens with one attached hydrogen (secondary N) is 1. The second-order valence-corrected chi connectivity index (χ2v) is 6.27. The van der Waals surface area contributed by atoms with Crippen LogP contribution < -0.4 is 4.90 Å². The zero-order valence-electron chi connectivity index (χ0n) is 14.6. The predicted molar refractivity (Wildman–Crippen MR) is 99.4 cm³/mol. The van der Waals surface area contributed by atoms with Gasteiger partial charge >= 0.3 is 0 Å². The highest BCUT2D eigenvalue weighted by Gasteiger charge is 2.12. The fraction of sp³-hybridized carbons (Fsp3) is 0.211. The molecule has 3 aromatic heterocycles. The molecule has 0 radical (unpaired) electrons. The lowest BCUT2D eigenvalue weighted by atomic mass is 10.1. The summed E-state index contributed by atoms with van der Waals surface area (Å²) in [5.41, 5.74) is 4.41. The molecule has 0 saturated carbocycles. The second-order valence-electron chi connectivity index (χ2n) is 6.27.